The standard InChI is InChI=1S/C21H28N2O5S/c1-5-19(21(24)22-15-16-9-7-8-10-20(16)27-6-2)28-18-13-11-17(12-14-18)23(3)29(4,25)26/h7-14,19H,5-6,15H2,1-4H3,(H,22,24)/t19-/m0/s1. The Morgan fingerprint density at radius 2 is 1.76 bits per heavy atom. The van der Waals surface area contributed by atoms with Crippen molar-refractivity contribution in [3.05, 3.63) is 54.1 Å². The summed E-state index contributed by atoms with van der Waals surface area (Å²) in [6.45, 7) is 4.67. The van der Waals surface area contributed by atoms with E-state index in [1.54, 1.807) is 24.3 Å². The van der Waals surface area contributed by atoms with Crippen LogP contribution < -0.4 is 19.1 Å². The van der Waals surface area contributed by atoms with Gasteiger partial charge >= 0.3 is 0 Å². The smallest absolute Gasteiger partial charge is 0.261 e. The minimum Gasteiger partial charge on any atom is -0.494 e. The van der Waals surface area contributed by atoms with Gasteiger partial charge in [-0.05, 0) is 43.7 Å². The van der Waals surface area contributed by atoms with Gasteiger partial charge in [-0.25, -0.2) is 8.42 Å². The molecule has 7 nitrogen and oxygen atoms in total. The van der Waals surface area contributed by atoms with Gasteiger partial charge in [0.1, 0.15) is 11.5 Å². The number of sulfonamides is 1. The maximum Gasteiger partial charge on any atom is 0.261 e. The van der Waals surface area contributed by atoms with Crippen LogP contribution in [0.1, 0.15) is 25.8 Å². The van der Waals surface area contributed by atoms with E-state index in [-0.39, 0.29) is 5.91 Å². The lowest BCUT2D eigenvalue weighted by Crippen LogP contribution is -2.37. The van der Waals surface area contributed by atoms with Crippen LogP contribution in [0, 0.1) is 0 Å². The van der Waals surface area contributed by atoms with E-state index in [0.717, 1.165) is 17.6 Å². The molecule has 1 amide bonds. The molecule has 0 bridgehead atoms. The monoisotopic (exact) mass is 420 g/mol. The predicted molar refractivity (Wildman–Crippen MR) is 114 cm³/mol. The number of carbonyl (C=O) groups is 1. The number of hydrogen-bond donors (Lipinski definition) is 1. The lowest BCUT2D eigenvalue weighted by Gasteiger charge is -2.20. The van der Waals surface area contributed by atoms with Crippen LogP contribution in [0.4, 0.5) is 5.69 Å². The number of rotatable bonds is 10. The first-order chi connectivity index (χ1) is 13.8. The van der Waals surface area contributed by atoms with Crippen molar-refractivity contribution < 1.29 is 22.7 Å². The second-order valence-corrected chi connectivity index (χ2v) is 8.51. The summed E-state index contributed by atoms with van der Waals surface area (Å²) < 4.78 is 35.8. The SMILES string of the molecule is CCOc1ccccc1CNC(=O)[C@H](CC)Oc1ccc(N(C)S(C)(=O)=O)cc1. The fourth-order valence-electron chi connectivity index (χ4n) is 2.65. The third-order valence-electron chi connectivity index (χ3n) is 4.36. The van der Waals surface area contributed by atoms with Gasteiger partial charge in [-0.3, -0.25) is 9.10 Å². The highest BCUT2D eigenvalue weighted by Crippen LogP contribution is 2.22. The molecule has 1 N–H and O–H groups in total. The molecule has 2 aromatic carbocycles. The van der Waals surface area contributed by atoms with E-state index in [4.69, 9.17) is 9.47 Å². The lowest BCUT2D eigenvalue weighted by molar-refractivity contribution is -0.128. The van der Waals surface area contributed by atoms with Crippen molar-refractivity contribution in [2.24, 2.45) is 0 Å². The minimum atomic E-state index is -3.33. The molecule has 0 heterocycles. The molecule has 0 saturated heterocycles. The molecule has 0 aliphatic heterocycles. The van der Waals surface area contributed by atoms with Crippen LogP contribution in [0.25, 0.3) is 0 Å². The molecule has 0 saturated carbocycles. The number of hydrogen-bond acceptors (Lipinski definition) is 5. The Morgan fingerprint density at radius 3 is 2.34 bits per heavy atom. The Bertz CT molecular complexity index is 913. The summed E-state index contributed by atoms with van der Waals surface area (Å²) in [6, 6.07) is 14.1. The largest absolute Gasteiger partial charge is 0.494 e. The molecule has 0 aliphatic carbocycles. The molecule has 8 heteroatoms. The van der Waals surface area contributed by atoms with E-state index >= 15 is 0 Å². The van der Waals surface area contributed by atoms with E-state index in [1.807, 2.05) is 38.1 Å². The van der Waals surface area contributed by atoms with E-state index in [2.05, 4.69) is 5.32 Å². The minimum absolute atomic E-state index is 0.226. The first kappa shape index (κ1) is 22.5. The van der Waals surface area contributed by atoms with Crippen molar-refractivity contribution in [1.82, 2.24) is 5.32 Å². The fourth-order valence-corrected chi connectivity index (χ4v) is 3.16. The highest BCUT2D eigenvalue weighted by molar-refractivity contribution is 7.92. The Morgan fingerprint density at radius 1 is 1.10 bits per heavy atom. The molecule has 2 rings (SSSR count). The van der Waals surface area contributed by atoms with Crippen molar-refractivity contribution in [2.45, 2.75) is 32.9 Å². The third-order valence-corrected chi connectivity index (χ3v) is 5.57. The van der Waals surface area contributed by atoms with E-state index in [1.165, 1.54) is 11.4 Å². The number of amides is 1. The van der Waals surface area contributed by atoms with Crippen LogP contribution >= 0.6 is 0 Å². The molecule has 0 fully saturated rings. The molecular weight excluding hydrogens is 392 g/mol. The first-order valence-corrected chi connectivity index (χ1v) is 11.3. The van der Waals surface area contributed by atoms with Crippen molar-refractivity contribution in [3.8, 4) is 11.5 Å². The van der Waals surface area contributed by atoms with Gasteiger partial charge in [-0.1, -0.05) is 25.1 Å². The Labute approximate surface area is 172 Å². The Balaban J connectivity index is 2.00. The molecular formula is C21H28N2O5S. The number of nitrogens with one attached hydrogen (secondary N) is 1. The van der Waals surface area contributed by atoms with Gasteiger partial charge in [0.2, 0.25) is 10.0 Å². The van der Waals surface area contributed by atoms with Crippen molar-refractivity contribution in [1.29, 1.82) is 0 Å². The second kappa shape index (κ2) is 10.2. The van der Waals surface area contributed by atoms with Crippen LogP contribution in [0.3, 0.4) is 0 Å². The molecule has 0 aliphatic rings. The summed E-state index contributed by atoms with van der Waals surface area (Å²) in [7, 11) is -1.85. The fraction of sp³-hybridized carbons (Fsp3) is 0.381. The molecule has 1 atom stereocenters. The van der Waals surface area contributed by atoms with Gasteiger partial charge in [0.15, 0.2) is 6.10 Å². The molecule has 0 unspecified atom stereocenters. The molecule has 0 spiro atoms. The molecule has 0 radical (unpaired) electrons. The summed E-state index contributed by atoms with van der Waals surface area (Å²) >= 11 is 0. The average Bonchev–Trinajstić information content (AvgIpc) is 2.70. The molecule has 158 valence electrons. The maximum atomic E-state index is 12.6. The molecule has 0 aromatic heterocycles. The van der Waals surface area contributed by atoms with Gasteiger partial charge in [0.25, 0.3) is 5.91 Å². The van der Waals surface area contributed by atoms with Crippen molar-refractivity contribution >= 4 is 21.6 Å². The molecule has 29 heavy (non-hydrogen) atoms. The highest BCUT2D eigenvalue weighted by atomic mass is 32.2. The van der Waals surface area contributed by atoms with Crippen LogP contribution in [0.15, 0.2) is 48.5 Å². The lowest BCUT2D eigenvalue weighted by atomic mass is 10.2. The zero-order valence-electron chi connectivity index (χ0n) is 17.2. The highest BCUT2D eigenvalue weighted by Gasteiger charge is 2.19. The summed E-state index contributed by atoms with van der Waals surface area (Å²) in [5.74, 6) is 1.01. The summed E-state index contributed by atoms with van der Waals surface area (Å²) in [6.07, 6.45) is 0.968. The summed E-state index contributed by atoms with van der Waals surface area (Å²) in [5, 5.41) is 2.89. The van der Waals surface area contributed by atoms with Crippen molar-refractivity contribution in [2.75, 3.05) is 24.2 Å². The van der Waals surface area contributed by atoms with Crippen LogP contribution in [0.2, 0.25) is 0 Å². The first-order valence-electron chi connectivity index (χ1n) is 9.45. The normalized spacial score (nSPS) is 12.1. The summed E-state index contributed by atoms with van der Waals surface area (Å²) in [5.41, 5.74) is 1.41. The van der Waals surface area contributed by atoms with Crippen LogP contribution in [0.5, 0.6) is 11.5 Å². The number of ether oxygens (including phenoxy) is 2. The molecule has 2 aromatic rings. The topological polar surface area (TPSA) is 84.9 Å². The zero-order valence-corrected chi connectivity index (χ0v) is 18.0. The number of carbonyl (C=O) groups excluding carboxylic acids is 1. The van der Waals surface area contributed by atoms with Crippen molar-refractivity contribution in [3.63, 3.8) is 0 Å². The number of nitrogens with zero attached hydrogens (tertiary/aromatic N) is 1. The van der Waals surface area contributed by atoms with Gasteiger partial charge < -0.3 is 14.8 Å². The van der Waals surface area contributed by atoms with E-state index in [9.17, 15) is 13.2 Å². The zero-order chi connectivity index (χ0) is 21.4. The maximum absolute atomic E-state index is 12.6. The van der Waals surface area contributed by atoms with Gasteiger partial charge in [-0.15, -0.1) is 0 Å². The van der Waals surface area contributed by atoms with Crippen LogP contribution in [-0.4, -0.2) is 40.3 Å². The predicted octanol–water partition coefficient (Wildman–Crippen LogP) is 2.95. The van der Waals surface area contributed by atoms with Crippen LogP contribution in [-0.2, 0) is 21.4 Å². The third kappa shape index (κ3) is 6.39. The number of anilines is 1. The van der Waals surface area contributed by atoms with Gasteiger partial charge in [0.05, 0.1) is 18.6 Å². The summed E-state index contributed by atoms with van der Waals surface area (Å²) in [4.78, 5) is 12.6. The van der Waals surface area contributed by atoms with E-state index in [0.29, 0.717) is 31.0 Å². The number of benzene rings is 2. The quantitative estimate of drug-likeness (QED) is 0.639. The number of para-hydroxylation sites is 1. The second-order valence-electron chi connectivity index (χ2n) is 6.50. The van der Waals surface area contributed by atoms with Gasteiger partial charge in [-0.2, -0.15) is 0 Å². The average molecular weight is 421 g/mol. The Hall–Kier alpha value is -2.74. The Kier molecular flexibility index (Phi) is 7.90. The van der Waals surface area contributed by atoms with E-state index < -0.39 is 16.1 Å². The van der Waals surface area contributed by atoms with Gasteiger partial charge in [0, 0.05) is 19.2 Å².